The first-order valence-corrected chi connectivity index (χ1v) is 7.21. The standard InChI is InChI=1S/C15H13NO2S/c1-16-19(17,18)15-10-6-5-9-14(15)12-11-13-7-3-2-4-8-13/h2-10,16H,1H3. The molecule has 0 heterocycles. The third-order valence-corrected chi connectivity index (χ3v) is 4.03. The third-order valence-electron chi connectivity index (χ3n) is 2.56. The monoisotopic (exact) mass is 271 g/mol. The molecule has 0 saturated carbocycles. The van der Waals surface area contributed by atoms with Crippen molar-refractivity contribution in [3.63, 3.8) is 0 Å². The van der Waals surface area contributed by atoms with E-state index in [-0.39, 0.29) is 4.90 Å². The number of hydrogen-bond donors (Lipinski definition) is 1. The van der Waals surface area contributed by atoms with Crippen LogP contribution in [0.15, 0.2) is 59.5 Å². The van der Waals surface area contributed by atoms with Crippen LogP contribution in [0, 0.1) is 11.8 Å². The van der Waals surface area contributed by atoms with Crippen LogP contribution in [0.3, 0.4) is 0 Å². The van der Waals surface area contributed by atoms with Crippen molar-refractivity contribution in [3.8, 4) is 11.8 Å². The summed E-state index contributed by atoms with van der Waals surface area (Å²) < 4.78 is 26.0. The van der Waals surface area contributed by atoms with E-state index in [4.69, 9.17) is 0 Å². The Morgan fingerprint density at radius 1 is 0.895 bits per heavy atom. The normalized spacial score (nSPS) is 10.6. The van der Waals surface area contributed by atoms with Crippen LogP contribution < -0.4 is 4.72 Å². The first-order valence-electron chi connectivity index (χ1n) is 5.73. The van der Waals surface area contributed by atoms with Gasteiger partial charge in [-0.25, -0.2) is 13.1 Å². The number of nitrogens with one attached hydrogen (secondary N) is 1. The lowest BCUT2D eigenvalue weighted by molar-refractivity contribution is 0.588. The molecule has 0 spiro atoms. The second-order valence-corrected chi connectivity index (χ2v) is 5.67. The van der Waals surface area contributed by atoms with Gasteiger partial charge in [-0.3, -0.25) is 0 Å². The highest BCUT2D eigenvalue weighted by molar-refractivity contribution is 7.89. The van der Waals surface area contributed by atoms with Gasteiger partial charge in [0.25, 0.3) is 0 Å². The van der Waals surface area contributed by atoms with E-state index in [1.54, 1.807) is 24.3 Å². The van der Waals surface area contributed by atoms with Gasteiger partial charge in [-0.15, -0.1) is 0 Å². The minimum Gasteiger partial charge on any atom is -0.214 e. The Kier molecular flexibility index (Phi) is 4.00. The molecule has 0 unspecified atom stereocenters. The number of rotatable bonds is 2. The Labute approximate surface area is 113 Å². The van der Waals surface area contributed by atoms with Gasteiger partial charge >= 0.3 is 0 Å². The van der Waals surface area contributed by atoms with Crippen LogP contribution in [0.1, 0.15) is 11.1 Å². The number of hydrogen-bond acceptors (Lipinski definition) is 2. The predicted octanol–water partition coefficient (Wildman–Crippen LogP) is 1.99. The van der Waals surface area contributed by atoms with E-state index < -0.39 is 10.0 Å². The van der Waals surface area contributed by atoms with Crippen molar-refractivity contribution >= 4 is 10.0 Å². The van der Waals surface area contributed by atoms with Crippen LogP contribution in [0.5, 0.6) is 0 Å². The first kappa shape index (κ1) is 13.3. The van der Waals surface area contributed by atoms with Crippen LogP contribution in [0.25, 0.3) is 0 Å². The lowest BCUT2D eigenvalue weighted by Crippen LogP contribution is -2.19. The molecule has 3 nitrogen and oxygen atoms in total. The van der Waals surface area contributed by atoms with Crippen LogP contribution in [0.4, 0.5) is 0 Å². The maximum absolute atomic E-state index is 11.9. The highest BCUT2D eigenvalue weighted by Gasteiger charge is 2.14. The van der Waals surface area contributed by atoms with E-state index in [0.717, 1.165) is 5.56 Å². The van der Waals surface area contributed by atoms with Crippen molar-refractivity contribution in [2.45, 2.75) is 4.90 Å². The van der Waals surface area contributed by atoms with E-state index in [1.165, 1.54) is 7.05 Å². The molecule has 0 amide bonds. The SMILES string of the molecule is CNS(=O)(=O)c1ccccc1C#Cc1ccccc1. The van der Waals surface area contributed by atoms with Gasteiger partial charge in [0.1, 0.15) is 0 Å². The minimum atomic E-state index is -3.49. The predicted molar refractivity (Wildman–Crippen MR) is 75.1 cm³/mol. The van der Waals surface area contributed by atoms with Gasteiger partial charge in [-0.1, -0.05) is 42.2 Å². The molecule has 2 aromatic rings. The van der Waals surface area contributed by atoms with Crippen LogP contribution >= 0.6 is 0 Å². The Bertz CT molecular complexity index is 725. The summed E-state index contributed by atoms with van der Waals surface area (Å²) in [6.07, 6.45) is 0. The zero-order valence-electron chi connectivity index (χ0n) is 10.4. The molecule has 2 rings (SSSR count). The summed E-state index contributed by atoms with van der Waals surface area (Å²) in [5.74, 6) is 5.86. The Balaban J connectivity index is 2.46. The molecule has 2 aromatic carbocycles. The van der Waals surface area contributed by atoms with E-state index in [1.807, 2.05) is 30.3 Å². The third kappa shape index (κ3) is 3.22. The smallest absolute Gasteiger partial charge is 0.214 e. The van der Waals surface area contributed by atoms with Crippen molar-refractivity contribution in [1.82, 2.24) is 4.72 Å². The first-order chi connectivity index (χ1) is 9.13. The van der Waals surface area contributed by atoms with Crippen molar-refractivity contribution in [3.05, 3.63) is 65.7 Å². The van der Waals surface area contributed by atoms with E-state index in [2.05, 4.69) is 16.6 Å². The Hall–Kier alpha value is -2.09. The molecule has 0 bridgehead atoms. The molecular weight excluding hydrogens is 258 g/mol. The summed E-state index contributed by atoms with van der Waals surface area (Å²) >= 11 is 0. The van der Waals surface area contributed by atoms with Crippen molar-refractivity contribution < 1.29 is 8.42 Å². The average molecular weight is 271 g/mol. The molecule has 0 atom stereocenters. The van der Waals surface area contributed by atoms with Gasteiger partial charge in [0, 0.05) is 11.1 Å². The van der Waals surface area contributed by atoms with Crippen molar-refractivity contribution in [2.24, 2.45) is 0 Å². The highest BCUT2D eigenvalue weighted by atomic mass is 32.2. The van der Waals surface area contributed by atoms with Crippen LogP contribution in [0.2, 0.25) is 0 Å². The summed E-state index contributed by atoms with van der Waals surface area (Å²) in [6.45, 7) is 0. The van der Waals surface area contributed by atoms with Gasteiger partial charge in [0.2, 0.25) is 10.0 Å². The fraction of sp³-hybridized carbons (Fsp3) is 0.0667. The second-order valence-electron chi connectivity index (χ2n) is 3.82. The number of benzene rings is 2. The summed E-state index contributed by atoms with van der Waals surface area (Å²) in [4.78, 5) is 0.195. The Morgan fingerprint density at radius 2 is 1.53 bits per heavy atom. The van der Waals surface area contributed by atoms with Crippen molar-refractivity contribution in [2.75, 3.05) is 7.05 Å². The molecule has 0 radical (unpaired) electrons. The molecule has 1 N–H and O–H groups in total. The zero-order valence-corrected chi connectivity index (χ0v) is 11.2. The van der Waals surface area contributed by atoms with Gasteiger partial charge in [0.15, 0.2) is 0 Å². The zero-order chi connectivity index (χ0) is 13.7. The highest BCUT2D eigenvalue weighted by Crippen LogP contribution is 2.13. The minimum absolute atomic E-state index is 0.195. The van der Waals surface area contributed by atoms with Gasteiger partial charge in [0.05, 0.1) is 4.90 Å². The summed E-state index contributed by atoms with van der Waals surface area (Å²) in [7, 11) is -2.10. The van der Waals surface area contributed by atoms with Gasteiger partial charge < -0.3 is 0 Å². The Morgan fingerprint density at radius 3 is 2.21 bits per heavy atom. The molecule has 0 saturated heterocycles. The van der Waals surface area contributed by atoms with Crippen LogP contribution in [-0.4, -0.2) is 15.5 Å². The average Bonchev–Trinajstić information content (AvgIpc) is 2.46. The van der Waals surface area contributed by atoms with Gasteiger partial charge in [-0.2, -0.15) is 0 Å². The van der Waals surface area contributed by atoms with E-state index in [0.29, 0.717) is 5.56 Å². The maximum Gasteiger partial charge on any atom is 0.241 e. The topological polar surface area (TPSA) is 46.2 Å². The summed E-state index contributed by atoms with van der Waals surface area (Å²) in [6, 6.07) is 16.1. The molecule has 0 aliphatic carbocycles. The molecule has 0 fully saturated rings. The lowest BCUT2D eigenvalue weighted by Gasteiger charge is -2.04. The quantitative estimate of drug-likeness (QED) is 0.849. The molecule has 0 aliphatic rings. The van der Waals surface area contributed by atoms with Crippen molar-refractivity contribution in [1.29, 1.82) is 0 Å². The fourth-order valence-electron chi connectivity index (χ4n) is 1.58. The largest absolute Gasteiger partial charge is 0.241 e. The molecule has 0 aromatic heterocycles. The second kappa shape index (κ2) is 5.70. The molecule has 4 heteroatoms. The summed E-state index contributed by atoms with van der Waals surface area (Å²) in [5.41, 5.74) is 1.33. The molecule has 19 heavy (non-hydrogen) atoms. The lowest BCUT2D eigenvalue weighted by atomic mass is 10.2. The van der Waals surface area contributed by atoms with E-state index in [9.17, 15) is 8.42 Å². The molecule has 0 aliphatic heterocycles. The fourth-order valence-corrected chi connectivity index (χ4v) is 2.46. The number of sulfonamides is 1. The summed E-state index contributed by atoms with van der Waals surface area (Å²) in [5, 5.41) is 0. The van der Waals surface area contributed by atoms with Crippen LogP contribution in [-0.2, 0) is 10.0 Å². The van der Waals surface area contributed by atoms with E-state index >= 15 is 0 Å². The maximum atomic E-state index is 11.9. The van der Waals surface area contributed by atoms with Gasteiger partial charge in [-0.05, 0) is 31.3 Å². The molecular formula is C15H13NO2S. The molecule has 96 valence electrons.